The highest BCUT2D eigenvalue weighted by molar-refractivity contribution is 7.89. The van der Waals surface area contributed by atoms with Gasteiger partial charge in [0.2, 0.25) is 0 Å². The van der Waals surface area contributed by atoms with Crippen molar-refractivity contribution in [1.29, 1.82) is 5.41 Å². The van der Waals surface area contributed by atoms with Gasteiger partial charge in [0.25, 0.3) is 10.0 Å². The topological polar surface area (TPSA) is 105 Å². The molecule has 0 atom stereocenters. The van der Waals surface area contributed by atoms with Crippen LogP contribution in [0.15, 0.2) is 34.9 Å². The number of piperazine rings is 1. The fourth-order valence-corrected chi connectivity index (χ4v) is 4.32. The molecular formula is C13H15N3O4S. The summed E-state index contributed by atoms with van der Waals surface area (Å²) in [7, 11) is -3.76. The van der Waals surface area contributed by atoms with Gasteiger partial charge in [-0.25, -0.2) is 8.42 Å². The van der Waals surface area contributed by atoms with E-state index in [1.165, 1.54) is 12.1 Å². The number of β-amino-alcohol motifs (C(OH)–C–C–N with tert-alkyl or cyclic N) is 1. The van der Waals surface area contributed by atoms with E-state index in [0.29, 0.717) is 6.54 Å². The van der Waals surface area contributed by atoms with Gasteiger partial charge in [0, 0.05) is 18.7 Å². The summed E-state index contributed by atoms with van der Waals surface area (Å²) in [5, 5.41) is 27.5. The van der Waals surface area contributed by atoms with E-state index in [9.17, 15) is 13.5 Å². The van der Waals surface area contributed by atoms with Crippen LogP contribution in [0.1, 0.15) is 5.56 Å². The molecule has 1 fully saturated rings. The molecule has 21 heavy (non-hydrogen) atoms. The van der Waals surface area contributed by atoms with Crippen LogP contribution in [0.5, 0.6) is 0 Å². The third kappa shape index (κ3) is 1.90. The number of sulfonamides is 1. The molecule has 2 aliphatic heterocycles. The number of hydrogen-bond acceptors (Lipinski definition) is 5. The first kappa shape index (κ1) is 13.9. The van der Waals surface area contributed by atoms with E-state index in [1.807, 2.05) is 0 Å². The lowest BCUT2D eigenvalue weighted by Crippen LogP contribution is -2.52. The van der Waals surface area contributed by atoms with E-state index in [-0.39, 0.29) is 47.4 Å². The molecule has 0 bridgehead atoms. The van der Waals surface area contributed by atoms with Crippen LogP contribution < -0.4 is 0 Å². The molecule has 112 valence electrons. The van der Waals surface area contributed by atoms with Crippen molar-refractivity contribution in [1.82, 2.24) is 9.21 Å². The lowest BCUT2D eigenvalue weighted by molar-refractivity contribution is 0.234. The minimum absolute atomic E-state index is 0.0200. The Morgan fingerprint density at radius 3 is 2.67 bits per heavy atom. The van der Waals surface area contributed by atoms with Gasteiger partial charge in [-0.3, -0.25) is 9.71 Å². The average molecular weight is 309 g/mol. The Morgan fingerprint density at radius 1 is 1.24 bits per heavy atom. The van der Waals surface area contributed by atoms with Crippen LogP contribution in [0.4, 0.5) is 0 Å². The highest BCUT2D eigenvalue weighted by atomic mass is 32.2. The summed E-state index contributed by atoms with van der Waals surface area (Å²) in [5.74, 6) is -0.307. The zero-order valence-corrected chi connectivity index (χ0v) is 12.0. The summed E-state index contributed by atoms with van der Waals surface area (Å²) in [6.45, 7) is 0.529. The molecule has 7 nitrogen and oxygen atoms in total. The lowest BCUT2D eigenvalue weighted by atomic mass is 10.1. The molecule has 0 amide bonds. The van der Waals surface area contributed by atoms with Crippen molar-refractivity contribution in [3.63, 3.8) is 0 Å². The Hall–Kier alpha value is -2.06. The van der Waals surface area contributed by atoms with Crippen LogP contribution in [0, 0.1) is 5.41 Å². The normalized spacial score (nSPS) is 20.3. The summed E-state index contributed by atoms with van der Waals surface area (Å²) < 4.78 is 26.3. The van der Waals surface area contributed by atoms with Gasteiger partial charge in [-0.2, -0.15) is 0 Å². The molecule has 1 aromatic rings. The smallest absolute Gasteiger partial charge is 0.265 e. The van der Waals surface area contributed by atoms with Gasteiger partial charge in [0.15, 0.2) is 5.76 Å². The standard InChI is InChI=1S/C13H15N3O4S/c14-13-11-12(18)9-3-1-2-4-10(9)21(19,20)16(11)6-5-15(13)7-8-17/h1-4,14,17-18H,5-8H2. The van der Waals surface area contributed by atoms with Gasteiger partial charge in [0.1, 0.15) is 11.5 Å². The maximum Gasteiger partial charge on any atom is 0.265 e. The van der Waals surface area contributed by atoms with Gasteiger partial charge < -0.3 is 15.1 Å². The van der Waals surface area contributed by atoms with Crippen LogP contribution in [-0.4, -0.2) is 59.9 Å². The quantitative estimate of drug-likeness (QED) is 0.724. The third-order valence-corrected chi connectivity index (χ3v) is 5.52. The molecular weight excluding hydrogens is 294 g/mol. The number of hydrogen-bond donors (Lipinski definition) is 3. The Morgan fingerprint density at radius 2 is 1.95 bits per heavy atom. The summed E-state index contributed by atoms with van der Waals surface area (Å²) in [6.07, 6.45) is 0. The van der Waals surface area contributed by atoms with Crippen molar-refractivity contribution in [3.8, 4) is 0 Å². The number of aliphatic hydroxyl groups excluding tert-OH is 2. The molecule has 2 heterocycles. The number of aliphatic hydroxyl groups is 2. The van der Waals surface area contributed by atoms with E-state index in [1.54, 1.807) is 17.0 Å². The second kappa shape index (κ2) is 4.74. The van der Waals surface area contributed by atoms with E-state index >= 15 is 0 Å². The van der Waals surface area contributed by atoms with Crippen molar-refractivity contribution in [3.05, 3.63) is 35.5 Å². The number of nitrogens with one attached hydrogen (secondary N) is 1. The van der Waals surface area contributed by atoms with Crippen LogP contribution in [0.2, 0.25) is 0 Å². The maximum atomic E-state index is 12.6. The molecule has 3 N–H and O–H groups in total. The largest absolute Gasteiger partial charge is 0.505 e. The molecule has 0 aliphatic carbocycles. The molecule has 3 rings (SSSR count). The van der Waals surface area contributed by atoms with Crippen molar-refractivity contribution < 1.29 is 18.6 Å². The number of benzene rings is 1. The number of amidine groups is 1. The first-order valence-electron chi connectivity index (χ1n) is 6.48. The number of fused-ring (bicyclic) bond motifs is 2. The van der Waals surface area contributed by atoms with Crippen LogP contribution in [0.3, 0.4) is 0 Å². The Labute approximate surface area is 122 Å². The molecule has 8 heteroatoms. The molecule has 0 unspecified atom stereocenters. The lowest BCUT2D eigenvalue weighted by Gasteiger charge is -2.40. The third-order valence-electron chi connectivity index (χ3n) is 3.67. The maximum absolute atomic E-state index is 12.6. The average Bonchev–Trinajstić information content (AvgIpc) is 2.47. The van der Waals surface area contributed by atoms with Gasteiger partial charge >= 0.3 is 0 Å². The molecule has 0 saturated carbocycles. The van der Waals surface area contributed by atoms with Crippen LogP contribution >= 0.6 is 0 Å². The SMILES string of the molecule is N=C1C2=C(O)c3ccccc3S(=O)(=O)N2CCN1CCO. The fraction of sp³-hybridized carbons (Fsp3) is 0.308. The van der Waals surface area contributed by atoms with Crippen LogP contribution in [0.25, 0.3) is 5.76 Å². The molecule has 2 aliphatic rings. The predicted molar refractivity (Wildman–Crippen MR) is 76.3 cm³/mol. The van der Waals surface area contributed by atoms with Gasteiger partial charge in [-0.1, -0.05) is 12.1 Å². The molecule has 0 spiro atoms. The van der Waals surface area contributed by atoms with Crippen molar-refractivity contribution >= 4 is 21.6 Å². The first-order valence-corrected chi connectivity index (χ1v) is 7.92. The zero-order valence-electron chi connectivity index (χ0n) is 11.2. The first-order chi connectivity index (χ1) is 9.98. The summed E-state index contributed by atoms with van der Waals surface area (Å²) in [5.41, 5.74) is 0.188. The Bertz CT molecular complexity index is 742. The van der Waals surface area contributed by atoms with Gasteiger partial charge in [-0.15, -0.1) is 0 Å². The fourth-order valence-electron chi connectivity index (χ4n) is 2.65. The monoisotopic (exact) mass is 309 g/mol. The molecule has 0 aromatic heterocycles. The summed E-state index contributed by atoms with van der Waals surface area (Å²) >= 11 is 0. The summed E-state index contributed by atoms with van der Waals surface area (Å²) in [4.78, 5) is 1.60. The highest BCUT2D eigenvalue weighted by Gasteiger charge is 2.42. The predicted octanol–water partition coefficient (Wildman–Crippen LogP) is 0.203. The second-order valence-electron chi connectivity index (χ2n) is 4.83. The van der Waals surface area contributed by atoms with E-state index in [2.05, 4.69) is 0 Å². The Balaban J connectivity index is 2.20. The molecule has 1 aromatic carbocycles. The highest BCUT2D eigenvalue weighted by Crippen LogP contribution is 2.37. The number of nitrogens with zero attached hydrogens (tertiary/aromatic N) is 2. The summed E-state index contributed by atoms with van der Waals surface area (Å²) in [6, 6.07) is 6.20. The van der Waals surface area contributed by atoms with E-state index in [0.717, 1.165) is 4.31 Å². The Kier molecular flexibility index (Phi) is 3.14. The minimum Gasteiger partial charge on any atom is -0.505 e. The van der Waals surface area contributed by atoms with Crippen molar-refractivity contribution in [2.45, 2.75) is 4.90 Å². The number of rotatable bonds is 2. The van der Waals surface area contributed by atoms with E-state index in [4.69, 9.17) is 10.5 Å². The minimum atomic E-state index is -3.76. The zero-order chi connectivity index (χ0) is 15.2. The molecule has 1 saturated heterocycles. The van der Waals surface area contributed by atoms with Crippen LogP contribution in [-0.2, 0) is 10.0 Å². The van der Waals surface area contributed by atoms with Gasteiger partial charge in [-0.05, 0) is 12.1 Å². The van der Waals surface area contributed by atoms with Gasteiger partial charge in [0.05, 0.1) is 18.0 Å². The van der Waals surface area contributed by atoms with Crippen molar-refractivity contribution in [2.24, 2.45) is 0 Å². The molecule has 0 radical (unpaired) electrons. The van der Waals surface area contributed by atoms with Crippen molar-refractivity contribution in [2.75, 3.05) is 26.2 Å². The second-order valence-corrected chi connectivity index (χ2v) is 6.66. The van der Waals surface area contributed by atoms with E-state index < -0.39 is 10.0 Å².